The third-order valence-corrected chi connectivity index (χ3v) is 6.25. The zero-order valence-corrected chi connectivity index (χ0v) is 20.1. The highest BCUT2D eigenvalue weighted by atomic mass is 32.2. The number of methoxy groups -OCH3 is 1. The molecule has 0 fully saturated rings. The Labute approximate surface area is 211 Å². The number of aliphatic hydroxyl groups excluding tert-OH is 1. The van der Waals surface area contributed by atoms with E-state index in [1.54, 1.807) is 0 Å². The fourth-order valence-electron chi connectivity index (χ4n) is 3.69. The summed E-state index contributed by atoms with van der Waals surface area (Å²) in [6, 6.07) is 26.8. The lowest BCUT2D eigenvalue weighted by atomic mass is 10.0. The first-order valence-corrected chi connectivity index (χ1v) is 12.1. The van der Waals surface area contributed by atoms with Crippen molar-refractivity contribution in [1.29, 1.82) is 0 Å². The van der Waals surface area contributed by atoms with Crippen LogP contribution in [-0.4, -0.2) is 49.1 Å². The molecule has 0 amide bonds. The summed E-state index contributed by atoms with van der Waals surface area (Å²) >= 11 is 1.16. The maximum Gasteiger partial charge on any atom is 0.345 e. The van der Waals surface area contributed by atoms with Gasteiger partial charge in [0.25, 0.3) is 0 Å². The summed E-state index contributed by atoms with van der Waals surface area (Å²) in [4.78, 5) is 24.8. The van der Waals surface area contributed by atoms with Gasteiger partial charge in [-0.05, 0) is 12.1 Å². The smallest absolute Gasteiger partial charge is 0.345 e. The van der Waals surface area contributed by atoms with E-state index in [-0.39, 0.29) is 22.9 Å². The van der Waals surface area contributed by atoms with Crippen LogP contribution in [0.2, 0.25) is 0 Å². The number of thioether (sulfide) groups is 1. The number of nitrogens with zero attached hydrogens (tertiary/aromatic N) is 4. The first kappa shape index (κ1) is 23.3. The van der Waals surface area contributed by atoms with Crippen LogP contribution in [0.15, 0.2) is 95.8 Å². The van der Waals surface area contributed by atoms with Gasteiger partial charge in [0.1, 0.15) is 28.5 Å². The molecule has 9 heteroatoms. The number of aromatic amines is 1. The Morgan fingerprint density at radius 2 is 1.50 bits per heavy atom. The van der Waals surface area contributed by atoms with E-state index in [9.17, 15) is 9.90 Å². The molecule has 0 aliphatic carbocycles. The number of rotatable bonds is 7. The van der Waals surface area contributed by atoms with Gasteiger partial charge in [-0.15, -0.1) is 10.2 Å². The zero-order chi connectivity index (χ0) is 24.9. The average Bonchev–Trinajstić information content (AvgIpc) is 3.36. The molecule has 5 rings (SSSR count). The third-order valence-electron chi connectivity index (χ3n) is 5.40. The number of ether oxygens (including phenoxy) is 1. The summed E-state index contributed by atoms with van der Waals surface area (Å²) in [7, 11) is 1.26. The van der Waals surface area contributed by atoms with E-state index in [4.69, 9.17) is 9.72 Å². The molecule has 0 aliphatic heterocycles. The molecule has 36 heavy (non-hydrogen) atoms. The number of aromatic nitrogens is 5. The number of hydrogen-bond donors (Lipinski definition) is 2. The summed E-state index contributed by atoms with van der Waals surface area (Å²) in [5.74, 6) is -0.662. The molecule has 8 nitrogen and oxygen atoms in total. The lowest BCUT2D eigenvalue weighted by Crippen LogP contribution is -2.10. The van der Waals surface area contributed by atoms with Gasteiger partial charge in [0.05, 0.1) is 23.9 Å². The predicted octanol–water partition coefficient (Wildman–Crippen LogP) is 5.32. The van der Waals surface area contributed by atoms with E-state index in [1.165, 1.54) is 7.11 Å². The van der Waals surface area contributed by atoms with Gasteiger partial charge in [0, 0.05) is 11.1 Å². The molecule has 2 heterocycles. The van der Waals surface area contributed by atoms with Crippen LogP contribution in [0, 0.1) is 0 Å². The van der Waals surface area contributed by atoms with E-state index in [0.717, 1.165) is 28.4 Å². The molecular weight excluding hydrogens is 474 g/mol. The van der Waals surface area contributed by atoms with Gasteiger partial charge >= 0.3 is 5.97 Å². The van der Waals surface area contributed by atoms with Crippen LogP contribution in [0.25, 0.3) is 39.1 Å². The number of hydrogen-bond acceptors (Lipinski definition) is 8. The normalized spacial score (nSPS) is 11.8. The van der Waals surface area contributed by atoms with Crippen LogP contribution in [-0.2, 0) is 9.53 Å². The molecule has 0 bridgehead atoms. The molecule has 2 aromatic heterocycles. The van der Waals surface area contributed by atoms with Crippen molar-refractivity contribution in [3.05, 3.63) is 96.5 Å². The molecule has 0 aliphatic rings. The van der Waals surface area contributed by atoms with Gasteiger partial charge in [-0.1, -0.05) is 84.6 Å². The Morgan fingerprint density at radius 3 is 2.17 bits per heavy atom. The minimum absolute atomic E-state index is 0.0159. The minimum atomic E-state index is -0.699. The molecule has 0 saturated heterocycles. The maximum atomic E-state index is 12.5. The number of aliphatic hydroxyl groups is 1. The Kier molecular flexibility index (Phi) is 6.72. The van der Waals surface area contributed by atoms with Crippen molar-refractivity contribution in [2.45, 2.75) is 5.16 Å². The van der Waals surface area contributed by atoms with Crippen molar-refractivity contribution < 1.29 is 14.6 Å². The highest BCUT2D eigenvalue weighted by Crippen LogP contribution is 2.30. The van der Waals surface area contributed by atoms with Gasteiger partial charge in [-0.25, -0.2) is 14.8 Å². The topological polar surface area (TPSA) is 114 Å². The van der Waals surface area contributed by atoms with Gasteiger partial charge in [-0.3, -0.25) is 0 Å². The molecule has 0 saturated carbocycles. The average molecular weight is 496 g/mol. The second-order valence-corrected chi connectivity index (χ2v) is 8.67. The number of esters is 1. The van der Waals surface area contributed by atoms with Crippen LogP contribution >= 0.6 is 11.8 Å². The van der Waals surface area contributed by atoms with Gasteiger partial charge in [0.2, 0.25) is 5.16 Å². The number of nitrogens with one attached hydrogen (secondary N) is 1. The lowest BCUT2D eigenvalue weighted by molar-refractivity contribution is -0.133. The van der Waals surface area contributed by atoms with E-state index in [0.29, 0.717) is 22.1 Å². The molecule has 178 valence electrons. The first-order chi connectivity index (χ1) is 17.6. The van der Waals surface area contributed by atoms with Gasteiger partial charge < -0.3 is 14.8 Å². The molecule has 0 unspecified atom stereocenters. The number of H-pyrrole nitrogens is 1. The summed E-state index contributed by atoms with van der Waals surface area (Å²) in [6.45, 7) is 0. The Hall–Kier alpha value is -4.50. The van der Waals surface area contributed by atoms with E-state index >= 15 is 0 Å². The van der Waals surface area contributed by atoms with Crippen molar-refractivity contribution in [3.63, 3.8) is 0 Å². The fourth-order valence-corrected chi connectivity index (χ4v) is 4.35. The van der Waals surface area contributed by atoms with Crippen molar-refractivity contribution in [2.75, 3.05) is 12.9 Å². The van der Waals surface area contributed by atoms with Gasteiger partial charge in [0.15, 0.2) is 0 Å². The predicted molar refractivity (Wildman–Crippen MR) is 139 cm³/mol. The summed E-state index contributed by atoms with van der Waals surface area (Å²) in [5.41, 5.74) is 4.49. The van der Waals surface area contributed by atoms with Crippen LogP contribution < -0.4 is 0 Å². The van der Waals surface area contributed by atoms with Crippen molar-refractivity contribution >= 4 is 34.3 Å². The fraction of sp³-hybridized carbons (Fsp3) is 0.0741. The molecule has 3 aromatic carbocycles. The zero-order valence-electron chi connectivity index (χ0n) is 19.3. The first-order valence-electron chi connectivity index (χ1n) is 11.1. The number of carbonyl (C=O) groups is 1. The number of carbonyl (C=O) groups excluding carboxylic acids is 1. The largest absolute Gasteiger partial charge is 0.510 e. The van der Waals surface area contributed by atoms with Gasteiger partial charge in [-0.2, -0.15) is 0 Å². The maximum absolute atomic E-state index is 12.5. The molecule has 0 atom stereocenters. The van der Waals surface area contributed by atoms with E-state index in [1.807, 2.05) is 84.9 Å². The third kappa shape index (κ3) is 4.82. The Balaban J connectivity index is 1.48. The Morgan fingerprint density at radius 1 is 0.861 bits per heavy atom. The molecular formula is C27H21N5O3S. The number of fused-ring (bicyclic) bond motifs is 1. The summed E-state index contributed by atoms with van der Waals surface area (Å²) in [5, 5.41) is 20.0. The standard InChI is InChI=1S/C27H21N5O3S/c1-35-26(34)22(25-28-19-14-8-9-15-20(19)29-25)21(33)16-36-27-30-23(17-10-4-2-5-11-17)24(31-32-27)18-12-6-3-7-13-18/h2-15,33H,16H2,1H3,(H,28,29)/b22-21+. The minimum Gasteiger partial charge on any atom is -0.510 e. The number of para-hydroxylation sites is 2. The second kappa shape index (κ2) is 10.4. The van der Waals surface area contributed by atoms with Crippen molar-refractivity contribution in [1.82, 2.24) is 25.1 Å². The van der Waals surface area contributed by atoms with E-state index < -0.39 is 5.97 Å². The molecule has 5 aromatic rings. The number of benzene rings is 3. The van der Waals surface area contributed by atoms with Crippen molar-refractivity contribution in [2.24, 2.45) is 0 Å². The monoisotopic (exact) mass is 495 g/mol. The SMILES string of the molecule is COC(=O)/C(=C(/O)CSc1nnc(-c2ccccc2)c(-c2ccccc2)n1)c1nc2ccccc2[nH]1. The lowest BCUT2D eigenvalue weighted by Gasteiger charge is -2.10. The van der Waals surface area contributed by atoms with Crippen LogP contribution in [0.1, 0.15) is 5.82 Å². The molecule has 2 N–H and O–H groups in total. The second-order valence-electron chi connectivity index (χ2n) is 7.73. The quantitative estimate of drug-likeness (QED) is 0.135. The van der Waals surface area contributed by atoms with Crippen LogP contribution in [0.5, 0.6) is 0 Å². The van der Waals surface area contributed by atoms with Crippen LogP contribution in [0.3, 0.4) is 0 Å². The summed E-state index contributed by atoms with van der Waals surface area (Å²) < 4.78 is 4.91. The van der Waals surface area contributed by atoms with Crippen LogP contribution in [0.4, 0.5) is 0 Å². The highest BCUT2D eigenvalue weighted by molar-refractivity contribution is 7.99. The molecule has 0 radical (unpaired) electrons. The summed E-state index contributed by atoms with van der Waals surface area (Å²) in [6.07, 6.45) is 0. The Bertz CT molecular complexity index is 1520. The molecule has 0 spiro atoms. The number of imidazole rings is 1. The van der Waals surface area contributed by atoms with E-state index in [2.05, 4.69) is 20.2 Å². The van der Waals surface area contributed by atoms with Crippen molar-refractivity contribution in [3.8, 4) is 22.5 Å². The highest BCUT2D eigenvalue weighted by Gasteiger charge is 2.23.